The number of amides is 1. The predicted molar refractivity (Wildman–Crippen MR) is 73.2 cm³/mol. The van der Waals surface area contributed by atoms with Gasteiger partial charge in [-0.15, -0.1) is 0 Å². The van der Waals surface area contributed by atoms with Crippen molar-refractivity contribution in [3.8, 4) is 0 Å². The molecule has 1 saturated heterocycles. The molecule has 1 saturated carbocycles. The van der Waals surface area contributed by atoms with Crippen LogP contribution in [0.15, 0.2) is 0 Å². The van der Waals surface area contributed by atoms with Gasteiger partial charge in [0.25, 0.3) is 0 Å². The number of nitrogens with two attached hydrogens (primary N) is 1. The first-order valence-corrected chi connectivity index (χ1v) is 7.33. The Hall–Kier alpha value is -0.610. The number of piperidine rings is 1. The lowest BCUT2D eigenvalue weighted by molar-refractivity contribution is -0.135. The second-order valence-electron chi connectivity index (χ2n) is 6.15. The quantitative estimate of drug-likeness (QED) is 0.767. The molecule has 3 N–H and O–H groups in total. The molecule has 0 bridgehead atoms. The topological polar surface area (TPSA) is 58.4 Å². The molecule has 2 aliphatic rings. The molecule has 104 valence electrons. The van der Waals surface area contributed by atoms with Crippen molar-refractivity contribution in [1.29, 1.82) is 0 Å². The zero-order valence-electron chi connectivity index (χ0n) is 11.6. The minimum atomic E-state index is -0.219. The van der Waals surface area contributed by atoms with Gasteiger partial charge in [0, 0.05) is 19.6 Å². The number of carbonyl (C=O) groups is 1. The Bertz CT molecular complexity index is 283. The lowest BCUT2D eigenvalue weighted by Gasteiger charge is -2.39. The van der Waals surface area contributed by atoms with Crippen molar-refractivity contribution in [2.24, 2.45) is 17.1 Å². The van der Waals surface area contributed by atoms with E-state index in [-0.39, 0.29) is 11.3 Å². The summed E-state index contributed by atoms with van der Waals surface area (Å²) in [4.78, 5) is 14.5. The Balaban J connectivity index is 1.67. The molecule has 4 nitrogen and oxygen atoms in total. The summed E-state index contributed by atoms with van der Waals surface area (Å²) in [5.41, 5.74) is 5.52. The van der Waals surface area contributed by atoms with Crippen LogP contribution < -0.4 is 11.1 Å². The van der Waals surface area contributed by atoms with E-state index in [4.69, 9.17) is 5.73 Å². The third-order valence-electron chi connectivity index (χ3n) is 4.74. The summed E-state index contributed by atoms with van der Waals surface area (Å²) in [5, 5.41) is 3.10. The minimum Gasteiger partial charge on any atom is -0.356 e. The van der Waals surface area contributed by atoms with E-state index >= 15 is 0 Å². The lowest BCUT2D eigenvalue weighted by Crippen LogP contribution is -2.50. The maximum Gasteiger partial charge on any atom is 0.227 e. The average Bonchev–Trinajstić information content (AvgIpc) is 2.28. The molecule has 0 aromatic rings. The van der Waals surface area contributed by atoms with Crippen molar-refractivity contribution in [3.63, 3.8) is 0 Å². The van der Waals surface area contributed by atoms with Crippen LogP contribution in [-0.2, 0) is 4.79 Å². The maximum atomic E-state index is 12.1. The van der Waals surface area contributed by atoms with Gasteiger partial charge in [0.2, 0.25) is 5.91 Å². The Labute approximate surface area is 110 Å². The van der Waals surface area contributed by atoms with Gasteiger partial charge >= 0.3 is 0 Å². The van der Waals surface area contributed by atoms with Gasteiger partial charge in [-0.05, 0) is 51.6 Å². The fourth-order valence-corrected chi connectivity index (χ4v) is 3.21. The monoisotopic (exact) mass is 253 g/mol. The summed E-state index contributed by atoms with van der Waals surface area (Å²) in [6.07, 6.45) is 6.81. The van der Waals surface area contributed by atoms with Crippen LogP contribution in [0, 0.1) is 11.3 Å². The van der Waals surface area contributed by atoms with Crippen molar-refractivity contribution in [3.05, 3.63) is 0 Å². The van der Waals surface area contributed by atoms with E-state index in [9.17, 15) is 4.79 Å². The molecular weight excluding hydrogens is 226 g/mol. The standard InChI is InChI=1S/C14H27N3O/c1-17-9-2-4-12(10-17)5-8-16-13(18)14(11-15)6-3-7-14/h12H,2-11,15H2,1H3,(H,16,18). The highest BCUT2D eigenvalue weighted by atomic mass is 16.2. The number of carbonyl (C=O) groups excluding carboxylic acids is 1. The van der Waals surface area contributed by atoms with Gasteiger partial charge in [0.15, 0.2) is 0 Å². The highest BCUT2D eigenvalue weighted by Gasteiger charge is 2.42. The minimum absolute atomic E-state index is 0.195. The zero-order valence-corrected chi connectivity index (χ0v) is 11.6. The zero-order chi connectivity index (χ0) is 13.0. The Kier molecular flexibility index (Phi) is 4.62. The van der Waals surface area contributed by atoms with Crippen LogP contribution in [0.25, 0.3) is 0 Å². The molecule has 0 radical (unpaired) electrons. The van der Waals surface area contributed by atoms with Gasteiger partial charge in [-0.1, -0.05) is 6.42 Å². The van der Waals surface area contributed by atoms with Crippen molar-refractivity contribution in [1.82, 2.24) is 10.2 Å². The molecular formula is C14H27N3O. The van der Waals surface area contributed by atoms with Crippen LogP contribution in [0.5, 0.6) is 0 Å². The van der Waals surface area contributed by atoms with Crippen molar-refractivity contribution in [2.75, 3.05) is 33.2 Å². The number of hydrogen-bond donors (Lipinski definition) is 2. The number of rotatable bonds is 5. The van der Waals surface area contributed by atoms with Gasteiger partial charge in [-0.2, -0.15) is 0 Å². The lowest BCUT2D eigenvalue weighted by atomic mass is 9.68. The van der Waals surface area contributed by atoms with Crippen LogP contribution in [0.2, 0.25) is 0 Å². The molecule has 1 unspecified atom stereocenters. The first-order chi connectivity index (χ1) is 8.66. The van der Waals surface area contributed by atoms with Gasteiger partial charge in [-0.3, -0.25) is 4.79 Å². The molecule has 0 spiro atoms. The smallest absolute Gasteiger partial charge is 0.227 e. The normalized spacial score (nSPS) is 27.6. The van der Waals surface area contributed by atoms with Crippen LogP contribution >= 0.6 is 0 Å². The molecule has 1 atom stereocenters. The molecule has 2 rings (SSSR count). The summed E-state index contributed by atoms with van der Waals surface area (Å²) in [5.74, 6) is 0.944. The summed E-state index contributed by atoms with van der Waals surface area (Å²) in [6, 6.07) is 0. The second-order valence-corrected chi connectivity index (χ2v) is 6.15. The Morgan fingerprint density at radius 3 is 2.78 bits per heavy atom. The van der Waals surface area contributed by atoms with Crippen LogP contribution in [0.4, 0.5) is 0 Å². The van der Waals surface area contributed by atoms with E-state index in [1.54, 1.807) is 0 Å². The summed E-state index contributed by atoms with van der Waals surface area (Å²) in [7, 11) is 2.18. The average molecular weight is 253 g/mol. The number of nitrogens with one attached hydrogen (secondary N) is 1. The molecule has 18 heavy (non-hydrogen) atoms. The molecule has 1 aliphatic heterocycles. The van der Waals surface area contributed by atoms with E-state index in [0.29, 0.717) is 6.54 Å². The van der Waals surface area contributed by atoms with Crippen LogP contribution in [0.1, 0.15) is 38.5 Å². The summed E-state index contributed by atoms with van der Waals surface area (Å²) >= 11 is 0. The molecule has 0 aromatic heterocycles. The third-order valence-corrected chi connectivity index (χ3v) is 4.74. The molecule has 1 amide bonds. The fraction of sp³-hybridized carbons (Fsp3) is 0.929. The first-order valence-electron chi connectivity index (χ1n) is 7.33. The van der Waals surface area contributed by atoms with Crippen LogP contribution in [0.3, 0.4) is 0 Å². The van der Waals surface area contributed by atoms with Crippen molar-refractivity contribution in [2.45, 2.75) is 38.5 Å². The Morgan fingerprint density at radius 1 is 1.44 bits per heavy atom. The third kappa shape index (κ3) is 3.04. The van der Waals surface area contributed by atoms with Gasteiger partial charge in [0.05, 0.1) is 5.41 Å². The van der Waals surface area contributed by atoms with Gasteiger partial charge in [0.1, 0.15) is 0 Å². The van der Waals surface area contributed by atoms with Crippen molar-refractivity contribution >= 4 is 5.91 Å². The molecule has 1 aliphatic carbocycles. The van der Waals surface area contributed by atoms with Gasteiger partial charge in [-0.25, -0.2) is 0 Å². The largest absolute Gasteiger partial charge is 0.356 e. The molecule has 4 heteroatoms. The maximum absolute atomic E-state index is 12.1. The number of likely N-dealkylation sites (tertiary alicyclic amines) is 1. The summed E-state index contributed by atoms with van der Waals surface area (Å²) in [6.45, 7) is 3.72. The number of nitrogens with zero attached hydrogens (tertiary/aromatic N) is 1. The fourth-order valence-electron chi connectivity index (χ4n) is 3.21. The molecule has 1 heterocycles. The van der Waals surface area contributed by atoms with Crippen molar-refractivity contribution < 1.29 is 4.79 Å². The van der Waals surface area contributed by atoms with E-state index in [1.165, 1.54) is 25.9 Å². The highest BCUT2D eigenvalue weighted by Crippen LogP contribution is 2.39. The van der Waals surface area contributed by atoms with Gasteiger partial charge < -0.3 is 16.0 Å². The van der Waals surface area contributed by atoms with E-state index in [0.717, 1.165) is 38.1 Å². The van der Waals surface area contributed by atoms with E-state index in [1.807, 2.05) is 0 Å². The van der Waals surface area contributed by atoms with E-state index < -0.39 is 0 Å². The number of hydrogen-bond acceptors (Lipinski definition) is 3. The highest BCUT2D eigenvalue weighted by molar-refractivity contribution is 5.83. The second kappa shape index (κ2) is 6.02. The van der Waals surface area contributed by atoms with Crippen LogP contribution in [-0.4, -0.2) is 44.0 Å². The predicted octanol–water partition coefficient (Wildman–Crippen LogP) is 0.964. The molecule has 2 fully saturated rings. The Morgan fingerprint density at radius 2 is 2.22 bits per heavy atom. The van der Waals surface area contributed by atoms with E-state index in [2.05, 4.69) is 17.3 Å². The molecule has 0 aromatic carbocycles. The first kappa shape index (κ1) is 13.8. The SMILES string of the molecule is CN1CCCC(CCNC(=O)C2(CN)CCC2)C1. The summed E-state index contributed by atoms with van der Waals surface area (Å²) < 4.78 is 0.